The van der Waals surface area contributed by atoms with E-state index in [1.165, 1.54) is 0 Å². The molecule has 0 fully saturated rings. The highest BCUT2D eigenvalue weighted by Crippen LogP contribution is 2.21. The van der Waals surface area contributed by atoms with E-state index in [-0.39, 0.29) is 0 Å². The fraction of sp³-hybridized carbons (Fsp3) is 0.400. The fourth-order valence-corrected chi connectivity index (χ4v) is 2.89. The lowest BCUT2D eigenvalue weighted by Gasteiger charge is -2.12. The molecule has 0 aliphatic heterocycles. The molecule has 2 rings (SSSR count). The van der Waals surface area contributed by atoms with Crippen molar-refractivity contribution in [2.75, 3.05) is 6.54 Å². The molecule has 2 N–H and O–H groups in total. The van der Waals surface area contributed by atoms with Gasteiger partial charge < -0.3 is 10.4 Å². The summed E-state index contributed by atoms with van der Waals surface area (Å²) in [6, 6.07) is 9.68. The van der Waals surface area contributed by atoms with Crippen LogP contribution in [-0.4, -0.2) is 21.4 Å². The van der Waals surface area contributed by atoms with Crippen molar-refractivity contribution in [1.82, 2.24) is 15.1 Å². The van der Waals surface area contributed by atoms with Gasteiger partial charge in [0.2, 0.25) is 0 Å². The SMILES string of the molecule is CCc1nn(C)c(CNCC(O)c2ccccc2)c1Br. The highest BCUT2D eigenvalue weighted by molar-refractivity contribution is 9.10. The zero-order valence-electron chi connectivity index (χ0n) is 11.8. The second-order valence-corrected chi connectivity index (χ2v) is 5.53. The van der Waals surface area contributed by atoms with E-state index in [1.807, 2.05) is 42.1 Å². The van der Waals surface area contributed by atoms with E-state index >= 15 is 0 Å². The summed E-state index contributed by atoms with van der Waals surface area (Å²) in [5, 5.41) is 17.8. The summed E-state index contributed by atoms with van der Waals surface area (Å²) in [5.41, 5.74) is 3.09. The quantitative estimate of drug-likeness (QED) is 0.851. The number of halogens is 1. The molecule has 1 heterocycles. The third kappa shape index (κ3) is 3.48. The average Bonchev–Trinajstić information content (AvgIpc) is 2.75. The van der Waals surface area contributed by atoms with Gasteiger partial charge in [0.15, 0.2) is 0 Å². The number of aliphatic hydroxyl groups excluding tert-OH is 1. The van der Waals surface area contributed by atoms with Crippen molar-refractivity contribution in [3.8, 4) is 0 Å². The van der Waals surface area contributed by atoms with Crippen molar-refractivity contribution in [1.29, 1.82) is 0 Å². The summed E-state index contributed by atoms with van der Waals surface area (Å²) in [7, 11) is 1.94. The first-order valence-electron chi connectivity index (χ1n) is 6.77. The second-order valence-electron chi connectivity index (χ2n) is 4.74. The van der Waals surface area contributed by atoms with Gasteiger partial charge in [0, 0.05) is 20.1 Å². The van der Waals surface area contributed by atoms with Crippen LogP contribution in [0.25, 0.3) is 0 Å². The number of hydrogen-bond acceptors (Lipinski definition) is 3. The van der Waals surface area contributed by atoms with E-state index in [2.05, 4.69) is 33.3 Å². The molecular formula is C15H20BrN3O. The number of nitrogens with zero attached hydrogens (tertiary/aromatic N) is 2. The third-order valence-electron chi connectivity index (χ3n) is 3.32. The summed E-state index contributed by atoms with van der Waals surface area (Å²) in [4.78, 5) is 0. The molecule has 1 atom stereocenters. The first-order valence-corrected chi connectivity index (χ1v) is 7.56. The summed E-state index contributed by atoms with van der Waals surface area (Å²) in [6.07, 6.45) is 0.412. The Morgan fingerprint density at radius 2 is 2.05 bits per heavy atom. The number of nitrogens with one attached hydrogen (secondary N) is 1. The number of aromatic nitrogens is 2. The Bertz CT molecular complexity index is 554. The Kier molecular flexibility index (Phi) is 5.34. The molecule has 20 heavy (non-hydrogen) atoms. The van der Waals surface area contributed by atoms with Crippen LogP contribution in [0, 0.1) is 0 Å². The normalized spacial score (nSPS) is 12.6. The third-order valence-corrected chi connectivity index (χ3v) is 4.23. The van der Waals surface area contributed by atoms with Gasteiger partial charge in [-0.1, -0.05) is 37.3 Å². The molecule has 0 aliphatic rings. The molecule has 0 saturated carbocycles. The van der Waals surface area contributed by atoms with Crippen LogP contribution in [0.3, 0.4) is 0 Å². The van der Waals surface area contributed by atoms with Crippen LogP contribution in [0.2, 0.25) is 0 Å². The lowest BCUT2D eigenvalue weighted by atomic mass is 10.1. The highest BCUT2D eigenvalue weighted by Gasteiger charge is 2.13. The molecule has 5 heteroatoms. The van der Waals surface area contributed by atoms with E-state index in [1.54, 1.807) is 0 Å². The maximum absolute atomic E-state index is 10.1. The molecule has 0 amide bonds. The van der Waals surface area contributed by atoms with Crippen LogP contribution in [0.5, 0.6) is 0 Å². The second kappa shape index (κ2) is 7.02. The molecular weight excluding hydrogens is 318 g/mol. The van der Waals surface area contributed by atoms with Gasteiger partial charge in [0.1, 0.15) is 0 Å². The fourth-order valence-electron chi connectivity index (χ4n) is 2.13. The summed E-state index contributed by atoms with van der Waals surface area (Å²) in [6.45, 7) is 3.28. The minimum absolute atomic E-state index is 0.492. The van der Waals surface area contributed by atoms with Crippen LogP contribution in [0.15, 0.2) is 34.8 Å². The van der Waals surface area contributed by atoms with Crippen LogP contribution in [0.1, 0.15) is 30.0 Å². The first kappa shape index (κ1) is 15.2. The van der Waals surface area contributed by atoms with Crippen molar-refractivity contribution in [3.05, 3.63) is 51.8 Å². The van der Waals surface area contributed by atoms with Crippen molar-refractivity contribution >= 4 is 15.9 Å². The van der Waals surface area contributed by atoms with Gasteiger partial charge in [-0.3, -0.25) is 4.68 Å². The largest absolute Gasteiger partial charge is 0.387 e. The van der Waals surface area contributed by atoms with E-state index in [9.17, 15) is 5.11 Å². The van der Waals surface area contributed by atoms with Crippen LogP contribution in [-0.2, 0) is 20.0 Å². The summed E-state index contributed by atoms with van der Waals surface area (Å²) >= 11 is 3.59. The molecule has 0 saturated heterocycles. The Balaban J connectivity index is 1.92. The van der Waals surface area contributed by atoms with E-state index < -0.39 is 6.10 Å². The number of hydrogen-bond donors (Lipinski definition) is 2. The van der Waals surface area contributed by atoms with Crippen molar-refractivity contribution in [2.24, 2.45) is 7.05 Å². The van der Waals surface area contributed by atoms with E-state index in [0.717, 1.165) is 27.8 Å². The Morgan fingerprint density at radius 1 is 1.35 bits per heavy atom. The van der Waals surface area contributed by atoms with Gasteiger partial charge in [0.25, 0.3) is 0 Å². The van der Waals surface area contributed by atoms with Crippen molar-refractivity contribution < 1.29 is 5.11 Å². The van der Waals surface area contributed by atoms with Gasteiger partial charge in [-0.05, 0) is 27.9 Å². The number of aryl methyl sites for hydroxylation is 2. The number of benzene rings is 1. The summed E-state index contributed by atoms with van der Waals surface area (Å²) < 4.78 is 2.94. The first-order chi connectivity index (χ1) is 9.63. The average molecular weight is 338 g/mol. The maximum atomic E-state index is 10.1. The highest BCUT2D eigenvalue weighted by atomic mass is 79.9. The molecule has 0 spiro atoms. The van der Waals surface area contributed by atoms with Crippen LogP contribution < -0.4 is 5.32 Å². The topological polar surface area (TPSA) is 50.1 Å². The van der Waals surface area contributed by atoms with Crippen LogP contribution >= 0.6 is 15.9 Å². The predicted molar refractivity (Wildman–Crippen MR) is 83.4 cm³/mol. The zero-order chi connectivity index (χ0) is 14.5. The Hall–Kier alpha value is -1.17. The standard InChI is InChI=1S/C15H20BrN3O/c1-3-12-15(16)13(19(2)18-12)9-17-10-14(20)11-7-5-4-6-8-11/h4-8,14,17,20H,3,9-10H2,1-2H3. The maximum Gasteiger partial charge on any atom is 0.0914 e. The summed E-state index contributed by atoms with van der Waals surface area (Å²) in [5.74, 6) is 0. The van der Waals surface area contributed by atoms with Crippen LogP contribution in [0.4, 0.5) is 0 Å². The van der Waals surface area contributed by atoms with Crippen molar-refractivity contribution in [3.63, 3.8) is 0 Å². The molecule has 2 aromatic rings. The Labute approximate surface area is 127 Å². The predicted octanol–water partition coefficient (Wildman–Crippen LogP) is 2.57. The molecule has 1 unspecified atom stereocenters. The lowest BCUT2D eigenvalue weighted by Crippen LogP contribution is -2.22. The minimum atomic E-state index is -0.492. The van der Waals surface area contributed by atoms with Gasteiger partial charge >= 0.3 is 0 Å². The lowest BCUT2D eigenvalue weighted by molar-refractivity contribution is 0.174. The molecule has 4 nitrogen and oxygen atoms in total. The molecule has 0 aliphatic carbocycles. The monoisotopic (exact) mass is 337 g/mol. The number of aliphatic hydroxyl groups is 1. The molecule has 108 valence electrons. The van der Waals surface area contributed by atoms with Gasteiger partial charge in [-0.25, -0.2) is 0 Å². The Morgan fingerprint density at radius 3 is 2.65 bits per heavy atom. The van der Waals surface area contributed by atoms with Gasteiger partial charge in [-0.15, -0.1) is 0 Å². The molecule has 0 bridgehead atoms. The molecule has 1 aromatic heterocycles. The van der Waals surface area contributed by atoms with Gasteiger partial charge in [0.05, 0.1) is 22.0 Å². The number of rotatable bonds is 6. The van der Waals surface area contributed by atoms with E-state index in [4.69, 9.17) is 0 Å². The van der Waals surface area contributed by atoms with Crippen molar-refractivity contribution in [2.45, 2.75) is 26.0 Å². The van der Waals surface area contributed by atoms with E-state index in [0.29, 0.717) is 13.1 Å². The van der Waals surface area contributed by atoms with Gasteiger partial charge in [-0.2, -0.15) is 5.10 Å². The molecule has 0 radical (unpaired) electrons. The minimum Gasteiger partial charge on any atom is -0.387 e. The molecule has 1 aromatic carbocycles. The zero-order valence-corrected chi connectivity index (χ0v) is 13.4. The smallest absolute Gasteiger partial charge is 0.0914 e.